The molecule has 2 N–H and O–H groups in total. The first-order valence-corrected chi connectivity index (χ1v) is 8.20. The number of piperidine rings is 1. The van der Waals surface area contributed by atoms with Gasteiger partial charge in [0.05, 0.1) is 6.20 Å². The topological polar surface area (TPSA) is 61.0 Å². The molecular weight excluding hydrogens is 264 g/mol. The number of carbonyl (C=O) groups is 1. The molecule has 0 aromatic carbocycles. The Bertz CT molecular complexity index is 494. The summed E-state index contributed by atoms with van der Waals surface area (Å²) in [5.74, 6) is 1.31. The fourth-order valence-corrected chi connectivity index (χ4v) is 3.30. The number of likely N-dealkylation sites (tertiary alicyclic amines) is 1. The maximum atomic E-state index is 12.2. The van der Waals surface area contributed by atoms with Crippen molar-refractivity contribution in [1.82, 2.24) is 20.4 Å². The smallest absolute Gasteiger partial charge is 0.225 e. The predicted molar refractivity (Wildman–Crippen MR) is 81.7 cm³/mol. The second-order valence-corrected chi connectivity index (χ2v) is 6.52. The molecule has 1 amide bonds. The van der Waals surface area contributed by atoms with Crippen LogP contribution in [-0.2, 0) is 11.3 Å². The number of aryl methyl sites for hydroxylation is 1. The molecule has 116 valence electrons. The SMILES string of the molecule is CC[C@@H]1CN(C(=O)C2CC2)CC[C@@H]1NCc1cn[nH]c1C. The van der Waals surface area contributed by atoms with Crippen molar-refractivity contribution in [2.75, 3.05) is 13.1 Å². The van der Waals surface area contributed by atoms with Crippen molar-refractivity contribution in [2.24, 2.45) is 11.8 Å². The Hall–Kier alpha value is -1.36. The van der Waals surface area contributed by atoms with E-state index in [1.165, 1.54) is 5.56 Å². The van der Waals surface area contributed by atoms with E-state index in [4.69, 9.17) is 0 Å². The highest BCUT2D eigenvalue weighted by Gasteiger charge is 2.37. The fourth-order valence-electron chi connectivity index (χ4n) is 3.30. The summed E-state index contributed by atoms with van der Waals surface area (Å²) in [6, 6.07) is 0.507. The van der Waals surface area contributed by atoms with Gasteiger partial charge >= 0.3 is 0 Å². The molecule has 0 unspecified atom stereocenters. The predicted octanol–water partition coefficient (Wildman–Crippen LogP) is 1.84. The third-order valence-corrected chi connectivity index (χ3v) is 4.99. The van der Waals surface area contributed by atoms with E-state index in [2.05, 4.69) is 34.3 Å². The fraction of sp³-hybridized carbons (Fsp3) is 0.750. The molecule has 21 heavy (non-hydrogen) atoms. The van der Waals surface area contributed by atoms with Gasteiger partial charge in [0.15, 0.2) is 0 Å². The Morgan fingerprint density at radius 1 is 1.48 bits per heavy atom. The minimum atomic E-state index is 0.348. The van der Waals surface area contributed by atoms with Crippen LogP contribution in [0.25, 0.3) is 0 Å². The summed E-state index contributed by atoms with van der Waals surface area (Å²) in [5, 5.41) is 10.7. The van der Waals surface area contributed by atoms with Crippen LogP contribution >= 0.6 is 0 Å². The molecule has 1 saturated heterocycles. The lowest BCUT2D eigenvalue weighted by Crippen LogP contribution is -2.51. The zero-order chi connectivity index (χ0) is 14.8. The number of nitrogens with one attached hydrogen (secondary N) is 2. The van der Waals surface area contributed by atoms with Crippen LogP contribution in [0.5, 0.6) is 0 Å². The molecular formula is C16H26N4O. The average Bonchev–Trinajstić information content (AvgIpc) is 3.27. The van der Waals surface area contributed by atoms with E-state index in [1.54, 1.807) is 0 Å². The Kier molecular flexibility index (Phi) is 4.29. The number of rotatable bonds is 5. The summed E-state index contributed by atoms with van der Waals surface area (Å²) in [7, 11) is 0. The van der Waals surface area contributed by atoms with Crippen molar-refractivity contribution in [1.29, 1.82) is 0 Å². The number of hydrogen-bond donors (Lipinski definition) is 2. The summed E-state index contributed by atoms with van der Waals surface area (Å²) >= 11 is 0. The van der Waals surface area contributed by atoms with Crippen LogP contribution in [0.3, 0.4) is 0 Å². The van der Waals surface area contributed by atoms with Crippen LogP contribution in [0.15, 0.2) is 6.20 Å². The quantitative estimate of drug-likeness (QED) is 0.870. The number of nitrogens with zero attached hydrogens (tertiary/aromatic N) is 2. The van der Waals surface area contributed by atoms with Crippen LogP contribution in [0, 0.1) is 18.8 Å². The van der Waals surface area contributed by atoms with Crippen molar-refractivity contribution < 1.29 is 4.79 Å². The normalized spacial score (nSPS) is 26.1. The van der Waals surface area contributed by atoms with Gasteiger partial charge in [0.25, 0.3) is 0 Å². The van der Waals surface area contributed by atoms with Crippen molar-refractivity contribution in [2.45, 2.75) is 52.1 Å². The van der Waals surface area contributed by atoms with E-state index < -0.39 is 0 Å². The number of aromatic amines is 1. The lowest BCUT2D eigenvalue weighted by molar-refractivity contribution is -0.134. The van der Waals surface area contributed by atoms with E-state index in [9.17, 15) is 4.79 Å². The van der Waals surface area contributed by atoms with Gasteiger partial charge in [-0.05, 0) is 32.1 Å². The lowest BCUT2D eigenvalue weighted by atomic mass is 9.89. The van der Waals surface area contributed by atoms with Crippen LogP contribution in [-0.4, -0.2) is 40.1 Å². The summed E-state index contributed by atoms with van der Waals surface area (Å²) in [5.41, 5.74) is 2.37. The van der Waals surface area contributed by atoms with Gasteiger partial charge in [-0.2, -0.15) is 5.10 Å². The highest BCUT2D eigenvalue weighted by atomic mass is 16.2. The highest BCUT2D eigenvalue weighted by Crippen LogP contribution is 2.33. The van der Waals surface area contributed by atoms with Gasteiger partial charge in [-0.15, -0.1) is 0 Å². The summed E-state index contributed by atoms with van der Waals surface area (Å²) in [4.78, 5) is 14.3. The minimum absolute atomic E-state index is 0.348. The highest BCUT2D eigenvalue weighted by molar-refractivity contribution is 5.81. The van der Waals surface area contributed by atoms with Crippen LogP contribution in [0.1, 0.15) is 43.9 Å². The number of carbonyl (C=O) groups excluding carboxylic acids is 1. The number of amides is 1. The van der Waals surface area contributed by atoms with Gasteiger partial charge in [-0.25, -0.2) is 0 Å². The molecule has 0 radical (unpaired) electrons. The van der Waals surface area contributed by atoms with E-state index in [0.29, 0.717) is 23.8 Å². The molecule has 0 spiro atoms. The molecule has 0 bridgehead atoms. The van der Waals surface area contributed by atoms with Gasteiger partial charge in [-0.1, -0.05) is 13.3 Å². The zero-order valence-electron chi connectivity index (χ0n) is 13.1. The molecule has 1 aliphatic heterocycles. The molecule has 1 aliphatic carbocycles. The first-order chi connectivity index (χ1) is 10.2. The van der Waals surface area contributed by atoms with Gasteiger partial charge < -0.3 is 10.2 Å². The maximum absolute atomic E-state index is 12.2. The lowest BCUT2D eigenvalue weighted by Gasteiger charge is -2.39. The Labute approximate surface area is 126 Å². The summed E-state index contributed by atoms with van der Waals surface area (Å²) in [6.07, 6.45) is 6.29. The largest absolute Gasteiger partial charge is 0.342 e. The van der Waals surface area contributed by atoms with Crippen molar-refractivity contribution in [3.8, 4) is 0 Å². The van der Waals surface area contributed by atoms with E-state index >= 15 is 0 Å². The van der Waals surface area contributed by atoms with E-state index in [1.807, 2.05) is 6.20 Å². The molecule has 2 aliphatic rings. The van der Waals surface area contributed by atoms with Crippen molar-refractivity contribution >= 4 is 5.91 Å². The summed E-state index contributed by atoms with van der Waals surface area (Å²) < 4.78 is 0. The standard InChI is InChI=1S/C16H26N4O/c1-3-12-10-20(16(21)13-4-5-13)7-6-15(12)17-8-14-9-18-19-11(14)2/h9,12-13,15,17H,3-8,10H2,1-2H3,(H,18,19)/t12-,15+/m1/s1. The Morgan fingerprint density at radius 3 is 2.90 bits per heavy atom. The minimum Gasteiger partial charge on any atom is -0.342 e. The zero-order valence-corrected chi connectivity index (χ0v) is 13.1. The average molecular weight is 290 g/mol. The summed E-state index contributed by atoms with van der Waals surface area (Å²) in [6.45, 7) is 6.98. The van der Waals surface area contributed by atoms with Crippen LogP contribution in [0.4, 0.5) is 0 Å². The van der Waals surface area contributed by atoms with Crippen LogP contribution in [0.2, 0.25) is 0 Å². The Balaban J connectivity index is 1.54. The van der Waals surface area contributed by atoms with E-state index in [-0.39, 0.29) is 0 Å². The molecule has 2 atom stereocenters. The molecule has 5 heteroatoms. The maximum Gasteiger partial charge on any atom is 0.225 e. The second kappa shape index (κ2) is 6.18. The first kappa shape index (κ1) is 14.6. The molecule has 1 saturated carbocycles. The van der Waals surface area contributed by atoms with Gasteiger partial charge in [0, 0.05) is 42.9 Å². The number of hydrogen-bond acceptors (Lipinski definition) is 3. The molecule has 5 nitrogen and oxygen atoms in total. The number of H-pyrrole nitrogens is 1. The van der Waals surface area contributed by atoms with Gasteiger partial charge in [0.1, 0.15) is 0 Å². The third-order valence-electron chi connectivity index (χ3n) is 4.99. The van der Waals surface area contributed by atoms with Gasteiger partial charge in [0.2, 0.25) is 5.91 Å². The van der Waals surface area contributed by atoms with Crippen LogP contribution < -0.4 is 5.32 Å². The third kappa shape index (κ3) is 3.28. The molecule has 1 aromatic heterocycles. The van der Waals surface area contributed by atoms with E-state index in [0.717, 1.165) is 51.0 Å². The monoisotopic (exact) mass is 290 g/mol. The molecule has 2 heterocycles. The van der Waals surface area contributed by atoms with Crippen molar-refractivity contribution in [3.05, 3.63) is 17.5 Å². The Morgan fingerprint density at radius 2 is 2.29 bits per heavy atom. The van der Waals surface area contributed by atoms with Crippen molar-refractivity contribution in [3.63, 3.8) is 0 Å². The molecule has 2 fully saturated rings. The molecule has 3 rings (SSSR count). The number of aromatic nitrogens is 2. The van der Waals surface area contributed by atoms with Gasteiger partial charge in [-0.3, -0.25) is 9.89 Å². The second-order valence-electron chi connectivity index (χ2n) is 6.52. The first-order valence-electron chi connectivity index (χ1n) is 8.20. The molecule has 1 aromatic rings.